The molecule has 3 aromatic heterocycles. The normalized spacial score (nSPS) is 11.1. The Labute approximate surface area is 175 Å². The van der Waals surface area contributed by atoms with Gasteiger partial charge in [0.2, 0.25) is 5.91 Å². The van der Waals surface area contributed by atoms with E-state index >= 15 is 0 Å². The number of rotatable bonds is 7. The van der Waals surface area contributed by atoms with Gasteiger partial charge in [-0.05, 0) is 38.5 Å². The molecule has 1 N–H and O–H groups in total. The number of nitrogens with one attached hydrogen (secondary N) is 1. The molecule has 152 valence electrons. The van der Waals surface area contributed by atoms with Gasteiger partial charge in [-0.2, -0.15) is 5.10 Å². The zero-order chi connectivity index (χ0) is 21.5. The molecule has 1 amide bonds. The summed E-state index contributed by atoms with van der Waals surface area (Å²) in [5, 5.41) is 7.27. The van der Waals surface area contributed by atoms with Gasteiger partial charge in [0.25, 0.3) is 0 Å². The van der Waals surface area contributed by atoms with Crippen molar-refractivity contribution in [1.82, 2.24) is 24.7 Å². The number of amides is 1. The first-order chi connectivity index (χ1) is 14.5. The predicted molar refractivity (Wildman–Crippen MR) is 118 cm³/mol. The van der Waals surface area contributed by atoms with Crippen LogP contribution in [0.4, 0.5) is 5.82 Å². The molecule has 7 heteroatoms. The molecule has 0 spiro atoms. The molecular formula is C23H24N6O. The van der Waals surface area contributed by atoms with Crippen molar-refractivity contribution in [3.63, 3.8) is 0 Å². The second-order valence-corrected chi connectivity index (χ2v) is 7.01. The van der Waals surface area contributed by atoms with Gasteiger partial charge in [0.1, 0.15) is 18.7 Å². The topological polar surface area (TPSA) is 85.6 Å². The molecule has 0 aliphatic heterocycles. The zero-order valence-electron chi connectivity index (χ0n) is 17.3. The number of nitrogens with zero attached hydrogens (tertiary/aromatic N) is 5. The molecule has 0 unspecified atom stereocenters. The molecule has 0 saturated heterocycles. The van der Waals surface area contributed by atoms with E-state index < -0.39 is 0 Å². The monoisotopic (exact) mass is 400 g/mol. The van der Waals surface area contributed by atoms with Crippen LogP contribution in [-0.2, 0) is 11.3 Å². The molecule has 0 aromatic carbocycles. The molecule has 0 aliphatic carbocycles. The van der Waals surface area contributed by atoms with Crippen LogP contribution < -0.4 is 5.32 Å². The molecule has 0 bridgehead atoms. The van der Waals surface area contributed by atoms with Gasteiger partial charge >= 0.3 is 0 Å². The number of aromatic nitrogens is 5. The van der Waals surface area contributed by atoms with Crippen LogP contribution in [0.25, 0.3) is 16.7 Å². The second kappa shape index (κ2) is 9.56. The number of pyridine rings is 1. The summed E-state index contributed by atoms with van der Waals surface area (Å²) in [5.74, 6) is 0.269. The molecule has 0 saturated carbocycles. The van der Waals surface area contributed by atoms with Gasteiger partial charge in [-0.15, -0.1) is 0 Å². The van der Waals surface area contributed by atoms with Crippen molar-refractivity contribution in [3.05, 3.63) is 84.9 Å². The maximum atomic E-state index is 12.5. The van der Waals surface area contributed by atoms with Crippen LogP contribution in [-0.4, -0.2) is 30.6 Å². The number of hydrogen-bond donors (Lipinski definition) is 1. The summed E-state index contributed by atoms with van der Waals surface area (Å²) in [7, 11) is 0. The van der Waals surface area contributed by atoms with Gasteiger partial charge < -0.3 is 5.32 Å². The Bertz CT molecular complexity index is 1090. The lowest BCUT2D eigenvalue weighted by molar-refractivity contribution is -0.116. The molecule has 3 rings (SSSR count). The maximum Gasteiger partial charge on any atom is 0.247 e. The van der Waals surface area contributed by atoms with E-state index in [2.05, 4.69) is 38.0 Å². The van der Waals surface area contributed by atoms with Crippen LogP contribution in [0, 0.1) is 6.92 Å². The number of carbonyl (C=O) groups is 1. The van der Waals surface area contributed by atoms with E-state index in [-0.39, 0.29) is 12.5 Å². The van der Waals surface area contributed by atoms with Crippen LogP contribution in [0.15, 0.2) is 73.6 Å². The largest absolute Gasteiger partial charge is 0.309 e. The Morgan fingerprint density at radius 3 is 2.57 bits per heavy atom. The summed E-state index contributed by atoms with van der Waals surface area (Å²) in [6.45, 7) is 9.86. The summed E-state index contributed by atoms with van der Waals surface area (Å²) < 4.78 is 1.63. The fourth-order valence-corrected chi connectivity index (χ4v) is 2.95. The van der Waals surface area contributed by atoms with Crippen molar-refractivity contribution in [3.8, 4) is 11.1 Å². The molecule has 3 heterocycles. The highest BCUT2D eigenvalue weighted by Gasteiger charge is 2.11. The van der Waals surface area contributed by atoms with E-state index in [1.807, 2.05) is 39.1 Å². The highest BCUT2D eigenvalue weighted by molar-refractivity contribution is 5.89. The third kappa shape index (κ3) is 5.35. The second-order valence-electron chi connectivity index (χ2n) is 7.01. The zero-order valence-corrected chi connectivity index (χ0v) is 17.3. The Hall–Kier alpha value is -3.87. The van der Waals surface area contributed by atoms with Gasteiger partial charge in [0.15, 0.2) is 0 Å². The fourth-order valence-electron chi connectivity index (χ4n) is 2.95. The Kier molecular flexibility index (Phi) is 6.64. The van der Waals surface area contributed by atoms with Gasteiger partial charge in [0, 0.05) is 41.5 Å². The standard InChI is InChI=1S/C23H24N6O/c1-5-6-18(9-16(2)3)21-13-29(28-17(21)4)14-23(30)27-22-8-7-19(12-26-22)20-10-24-15-25-11-20/h5-13,15H,1,14H2,2-4H3,(H,26,27,30)/b18-6+. The third-order valence-corrected chi connectivity index (χ3v) is 4.23. The molecule has 0 aliphatic rings. The van der Waals surface area contributed by atoms with Crippen molar-refractivity contribution in [2.75, 3.05) is 5.32 Å². The van der Waals surface area contributed by atoms with Crippen molar-refractivity contribution < 1.29 is 4.79 Å². The average molecular weight is 400 g/mol. The van der Waals surface area contributed by atoms with Gasteiger partial charge in [-0.1, -0.05) is 30.4 Å². The van der Waals surface area contributed by atoms with Crippen molar-refractivity contribution in [1.29, 1.82) is 0 Å². The Morgan fingerprint density at radius 1 is 1.17 bits per heavy atom. The van der Waals surface area contributed by atoms with E-state index in [1.165, 1.54) is 11.9 Å². The molecule has 0 radical (unpaired) electrons. The first kappa shape index (κ1) is 20.9. The summed E-state index contributed by atoms with van der Waals surface area (Å²) in [6, 6.07) is 3.61. The number of carbonyl (C=O) groups excluding carboxylic acids is 1. The minimum Gasteiger partial charge on any atom is -0.309 e. The highest BCUT2D eigenvalue weighted by Crippen LogP contribution is 2.21. The van der Waals surface area contributed by atoms with Crippen LogP contribution >= 0.6 is 0 Å². The summed E-state index contributed by atoms with van der Waals surface area (Å²) >= 11 is 0. The van der Waals surface area contributed by atoms with E-state index in [0.29, 0.717) is 5.82 Å². The van der Waals surface area contributed by atoms with Gasteiger partial charge in [-0.25, -0.2) is 15.0 Å². The van der Waals surface area contributed by atoms with E-state index in [1.54, 1.807) is 35.4 Å². The summed E-state index contributed by atoms with van der Waals surface area (Å²) in [6.07, 6.45) is 14.2. The van der Waals surface area contributed by atoms with Gasteiger partial charge in [0.05, 0.1) is 5.69 Å². The average Bonchev–Trinajstić information content (AvgIpc) is 3.08. The molecular weight excluding hydrogens is 376 g/mol. The summed E-state index contributed by atoms with van der Waals surface area (Å²) in [5.41, 5.74) is 5.74. The number of hydrogen-bond acceptors (Lipinski definition) is 5. The predicted octanol–water partition coefficient (Wildman–Crippen LogP) is 4.22. The van der Waals surface area contributed by atoms with Crippen molar-refractivity contribution in [2.45, 2.75) is 27.3 Å². The Morgan fingerprint density at radius 2 is 1.93 bits per heavy atom. The lowest BCUT2D eigenvalue weighted by atomic mass is 10.0. The minimum absolute atomic E-state index is 0.0903. The molecule has 7 nitrogen and oxygen atoms in total. The highest BCUT2D eigenvalue weighted by atomic mass is 16.2. The lowest BCUT2D eigenvalue weighted by Crippen LogP contribution is -2.19. The lowest BCUT2D eigenvalue weighted by Gasteiger charge is -2.06. The van der Waals surface area contributed by atoms with Crippen LogP contribution in [0.5, 0.6) is 0 Å². The van der Waals surface area contributed by atoms with Crippen molar-refractivity contribution >= 4 is 17.3 Å². The summed E-state index contributed by atoms with van der Waals surface area (Å²) in [4.78, 5) is 24.7. The number of allylic oxidation sites excluding steroid dienone is 5. The Balaban J connectivity index is 1.69. The molecule has 3 aromatic rings. The maximum absolute atomic E-state index is 12.5. The van der Waals surface area contributed by atoms with Crippen LogP contribution in [0.3, 0.4) is 0 Å². The number of anilines is 1. The van der Waals surface area contributed by atoms with E-state index in [9.17, 15) is 4.79 Å². The molecule has 0 fully saturated rings. The number of aryl methyl sites for hydroxylation is 1. The van der Waals surface area contributed by atoms with Crippen molar-refractivity contribution in [2.24, 2.45) is 0 Å². The van der Waals surface area contributed by atoms with Gasteiger partial charge in [-0.3, -0.25) is 9.48 Å². The molecule has 30 heavy (non-hydrogen) atoms. The first-order valence-corrected chi connectivity index (χ1v) is 9.49. The SMILES string of the molecule is C=C/C=C(\C=C(C)C)c1cn(CC(=O)Nc2ccc(-c3cncnc3)cn2)nc1C. The van der Waals surface area contributed by atoms with E-state index in [0.717, 1.165) is 28.0 Å². The third-order valence-electron chi connectivity index (χ3n) is 4.23. The fraction of sp³-hybridized carbons (Fsp3) is 0.174. The quantitative estimate of drug-likeness (QED) is 0.600. The van der Waals surface area contributed by atoms with Crippen LogP contribution in [0.1, 0.15) is 25.1 Å². The first-order valence-electron chi connectivity index (χ1n) is 9.49. The minimum atomic E-state index is -0.205. The van der Waals surface area contributed by atoms with Crippen LogP contribution in [0.2, 0.25) is 0 Å². The smallest absolute Gasteiger partial charge is 0.247 e. The molecule has 0 atom stereocenters. The van der Waals surface area contributed by atoms with E-state index in [4.69, 9.17) is 0 Å².